The zero-order valence-corrected chi connectivity index (χ0v) is 18.0. The van der Waals surface area contributed by atoms with Crippen LogP contribution >= 0.6 is 11.6 Å². The third-order valence-corrected chi connectivity index (χ3v) is 6.35. The summed E-state index contributed by atoms with van der Waals surface area (Å²) in [6.07, 6.45) is 0. The molecule has 0 spiro atoms. The van der Waals surface area contributed by atoms with Crippen LogP contribution in [0.2, 0.25) is 5.02 Å². The second-order valence-corrected chi connectivity index (χ2v) is 8.68. The summed E-state index contributed by atoms with van der Waals surface area (Å²) < 4.78 is 39.7. The average molecular weight is 456 g/mol. The van der Waals surface area contributed by atoms with Crippen molar-refractivity contribution in [3.05, 3.63) is 95.3 Å². The van der Waals surface area contributed by atoms with Gasteiger partial charge in [-0.25, -0.2) is 8.42 Å². The molecule has 1 atom stereocenters. The van der Waals surface area contributed by atoms with Crippen molar-refractivity contribution >= 4 is 21.6 Å². The molecule has 9 heteroatoms. The minimum Gasteiger partial charge on any atom is -0.497 e. The van der Waals surface area contributed by atoms with E-state index in [9.17, 15) is 8.42 Å². The van der Waals surface area contributed by atoms with Crippen LogP contribution in [0, 0.1) is 0 Å². The first-order chi connectivity index (χ1) is 15.0. The number of aromatic nitrogens is 2. The Bertz CT molecular complexity index is 1280. The second kappa shape index (κ2) is 8.89. The maximum Gasteiger partial charge on any atom is 0.247 e. The Kier molecular flexibility index (Phi) is 6.03. The molecular weight excluding hydrogens is 438 g/mol. The van der Waals surface area contributed by atoms with Gasteiger partial charge in [0.25, 0.3) is 0 Å². The zero-order valence-electron chi connectivity index (χ0n) is 16.4. The molecule has 0 saturated heterocycles. The fourth-order valence-corrected chi connectivity index (χ4v) is 4.40. The van der Waals surface area contributed by atoms with E-state index in [-0.39, 0.29) is 16.7 Å². The highest BCUT2D eigenvalue weighted by Gasteiger charge is 2.29. The summed E-state index contributed by atoms with van der Waals surface area (Å²) >= 11 is 6.37. The highest BCUT2D eigenvalue weighted by molar-refractivity contribution is 7.89. The smallest absolute Gasteiger partial charge is 0.247 e. The number of nitrogens with zero attached hydrogens (tertiary/aromatic N) is 2. The number of halogens is 1. The molecule has 1 aromatic heterocycles. The fourth-order valence-electron chi connectivity index (χ4n) is 2.98. The maximum absolute atomic E-state index is 13.1. The Morgan fingerprint density at radius 2 is 1.61 bits per heavy atom. The lowest BCUT2D eigenvalue weighted by Gasteiger charge is -2.17. The lowest BCUT2D eigenvalue weighted by Crippen LogP contribution is -2.30. The van der Waals surface area contributed by atoms with Crippen LogP contribution in [0.3, 0.4) is 0 Å². The Labute approximate surface area is 184 Å². The van der Waals surface area contributed by atoms with Crippen molar-refractivity contribution in [1.82, 2.24) is 14.9 Å². The molecule has 4 aromatic rings. The van der Waals surface area contributed by atoms with E-state index in [0.29, 0.717) is 16.3 Å². The first-order valence-electron chi connectivity index (χ1n) is 9.27. The molecule has 0 fully saturated rings. The van der Waals surface area contributed by atoms with Gasteiger partial charge in [-0.2, -0.15) is 4.72 Å². The fraction of sp³-hybridized carbons (Fsp3) is 0.0909. The summed E-state index contributed by atoms with van der Waals surface area (Å²) in [7, 11) is -2.44. The molecule has 31 heavy (non-hydrogen) atoms. The Hall–Kier alpha value is -3.20. The van der Waals surface area contributed by atoms with E-state index in [1.165, 1.54) is 19.2 Å². The molecular formula is C22H18ClN3O4S. The quantitative estimate of drug-likeness (QED) is 0.442. The normalized spacial score (nSPS) is 12.5. The molecule has 0 aliphatic rings. The van der Waals surface area contributed by atoms with Crippen molar-refractivity contribution in [2.24, 2.45) is 0 Å². The number of benzene rings is 3. The van der Waals surface area contributed by atoms with Gasteiger partial charge in [0.15, 0.2) is 0 Å². The van der Waals surface area contributed by atoms with Gasteiger partial charge in [0.1, 0.15) is 11.8 Å². The number of ether oxygens (including phenoxy) is 1. The van der Waals surface area contributed by atoms with Gasteiger partial charge >= 0.3 is 0 Å². The van der Waals surface area contributed by atoms with Crippen molar-refractivity contribution in [3.8, 4) is 17.2 Å². The topological polar surface area (TPSA) is 94.3 Å². The molecule has 158 valence electrons. The minimum atomic E-state index is -3.94. The highest BCUT2D eigenvalue weighted by atomic mass is 35.5. The van der Waals surface area contributed by atoms with E-state index < -0.39 is 16.1 Å². The number of hydrogen-bond acceptors (Lipinski definition) is 6. The van der Waals surface area contributed by atoms with Gasteiger partial charge in [-0.05, 0) is 48.0 Å². The van der Waals surface area contributed by atoms with Crippen LogP contribution in [0.1, 0.15) is 17.5 Å². The van der Waals surface area contributed by atoms with E-state index in [2.05, 4.69) is 14.9 Å². The summed E-state index contributed by atoms with van der Waals surface area (Å²) in [6.45, 7) is 0. The zero-order chi connectivity index (χ0) is 21.8. The van der Waals surface area contributed by atoms with E-state index >= 15 is 0 Å². The van der Waals surface area contributed by atoms with E-state index in [4.69, 9.17) is 20.8 Å². The SMILES string of the molecule is COc1ccc(S(=O)(=O)NC(c2nnc(-c3ccccc3)o2)c2ccccc2Cl)cc1. The van der Waals surface area contributed by atoms with Gasteiger partial charge in [0, 0.05) is 10.6 Å². The standard InChI is InChI=1S/C22H18ClN3O4S/c1-29-16-11-13-17(14-12-16)31(27,28)26-20(18-9-5-6-10-19(18)23)22-25-24-21(30-22)15-7-3-2-4-8-15/h2-14,20,26H,1H3. The van der Waals surface area contributed by atoms with Gasteiger partial charge in [-0.3, -0.25) is 0 Å². The van der Waals surface area contributed by atoms with Crippen molar-refractivity contribution in [1.29, 1.82) is 0 Å². The average Bonchev–Trinajstić information content (AvgIpc) is 3.29. The molecule has 0 bridgehead atoms. The van der Waals surface area contributed by atoms with E-state index in [1.54, 1.807) is 36.4 Å². The van der Waals surface area contributed by atoms with Crippen LogP contribution in [0.4, 0.5) is 0 Å². The van der Waals surface area contributed by atoms with Crippen molar-refractivity contribution < 1.29 is 17.6 Å². The van der Waals surface area contributed by atoms with Gasteiger partial charge in [-0.1, -0.05) is 48.0 Å². The summed E-state index contributed by atoms with van der Waals surface area (Å²) in [5.74, 6) is 0.895. The van der Waals surface area contributed by atoms with Crippen LogP contribution in [-0.4, -0.2) is 25.7 Å². The Morgan fingerprint density at radius 3 is 2.29 bits per heavy atom. The minimum absolute atomic E-state index is 0.0631. The lowest BCUT2D eigenvalue weighted by atomic mass is 10.1. The van der Waals surface area contributed by atoms with Crippen molar-refractivity contribution in [3.63, 3.8) is 0 Å². The first-order valence-corrected chi connectivity index (χ1v) is 11.1. The molecule has 1 heterocycles. The second-order valence-electron chi connectivity index (χ2n) is 6.56. The molecule has 1 unspecified atom stereocenters. The molecule has 0 amide bonds. The van der Waals surface area contributed by atoms with Gasteiger partial charge in [0.05, 0.1) is 12.0 Å². The van der Waals surface area contributed by atoms with E-state index in [0.717, 1.165) is 5.56 Å². The summed E-state index contributed by atoms with van der Waals surface area (Å²) in [4.78, 5) is 0.0631. The van der Waals surface area contributed by atoms with Gasteiger partial charge in [-0.15, -0.1) is 10.2 Å². The number of hydrogen-bond donors (Lipinski definition) is 1. The number of nitrogens with one attached hydrogen (secondary N) is 1. The van der Waals surface area contributed by atoms with Crippen LogP contribution < -0.4 is 9.46 Å². The predicted molar refractivity (Wildman–Crippen MR) is 116 cm³/mol. The van der Waals surface area contributed by atoms with Gasteiger partial charge < -0.3 is 9.15 Å². The molecule has 7 nitrogen and oxygen atoms in total. The van der Waals surface area contributed by atoms with Crippen LogP contribution in [-0.2, 0) is 10.0 Å². The lowest BCUT2D eigenvalue weighted by molar-refractivity contribution is 0.414. The molecule has 4 rings (SSSR count). The van der Waals surface area contributed by atoms with Crippen LogP contribution in [0.25, 0.3) is 11.5 Å². The van der Waals surface area contributed by atoms with E-state index in [1.807, 2.05) is 30.3 Å². The highest BCUT2D eigenvalue weighted by Crippen LogP contribution is 2.31. The van der Waals surface area contributed by atoms with Crippen LogP contribution in [0.15, 0.2) is 88.2 Å². The molecule has 0 saturated carbocycles. The number of rotatable bonds is 7. The first kappa shape index (κ1) is 21.0. The third kappa shape index (κ3) is 4.61. The summed E-state index contributed by atoms with van der Waals surface area (Å²) in [5.41, 5.74) is 1.21. The van der Waals surface area contributed by atoms with Gasteiger partial charge in [0.2, 0.25) is 21.8 Å². The molecule has 0 radical (unpaired) electrons. The largest absolute Gasteiger partial charge is 0.497 e. The summed E-state index contributed by atoms with van der Waals surface area (Å²) in [5, 5.41) is 8.54. The van der Waals surface area contributed by atoms with Crippen LogP contribution in [0.5, 0.6) is 5.75 Å². The summed E-state index contributed by atoms with van der Waals surface area (Å²) in [6, 6.07) is 21.1. The molecule has 1 N–H and O–H groups in total. The Morgan fingerprint density at radius 1 is 0.935 bits per heavy atom. The predicted octanol–water partition coefficient (Wildman–Crippen LogP) is 4.47. The number of sulfonamides is 1. The number of methoxy groups -OCH3 is 1. The van der Waals surface area contributed by atoms with Crippen molar-refractivity contribution in [2.75, 3.05) is 7.11 Å². The maximum atomic E-state index is 13.1. The molecule has 0 aliphatic carbocycles. The Balaban J connectivity index is 1.74. The molecule has 0 aliphatic heterocycles. The van der Waals surface area contributed by atoms with Crippen molar-refractivity contribution in [2.45, 2.75) is 10.9 Å². The monoisotopic (exact) mass is 455 g/mol. The molecule has 3 aromatic carbocycles. The third-order valence-electron chi connectivity index (χ3n) is 4.57.